The Balaban J connectivity index is 3.41. The average molecular weight is 276 g/mol. The van der Waals surface area contributed by atoms with Gasteiger partial charge in [0.25, 0.3) is 0 Å². The molecule has 0 amide bonds. The lowest BCUT2D eigenvalue weighted by molar-refractivity contribution is -0.387. The van der Waals surface area contributed by atoms with Gasteiger partial charge < -0.3 is 0 Å². The van der Waals surface area contributed by atoms with E-state index in [1.165, 1.54) is 6.07 Å². The minimum absolute atomic E-state index is 0.0650. The number of nitro groups is 1. The molecule has 0 N–H and O–H groups in total. The van der Waals surface area contributed by atoms with Crippen molar-refractivity contribution in [2.75, 3.05) is 5.33 Å². The number of carbonyl (C=O) groups is 1. The standard InChI is InChI=1S/C9H7BrFNO3/c1-5-2-6(8(13)4-10)9(11)7(3-5)12(14)15/h2-3H,4H2,1H3. The van der Waals surface area contributed by atoms with Crippen LogP contribution in [0.15, 0.2) is 12.1 Å². The topological polar surface area (TPSA) is 60.2 Å². The highest BCUT2D eigenvalue weighted by atomic mass is 79.9. The van der Waals surface area contributed by atoms with Crippen LogP contribution in [0.25, 0.3) is 0 Å². The van der Waals surface area contributed by atoms with E-state index in [2.05, 4.69) is 15.9 Å². The molecule has 0 unspecified atom stereocenters. The number of hydrogen-bond donors (Lipinski definition) is 0. The molecule has 0 spiro atoms. The second kappa shape index (κ2) is 4.48. The van der Waals surface area contributed by atoms with Gasteiger partial charge in [0.2, 0.25) is 5.82 Å². The number of nitrogens with zero attached hydrogens (tertiary/aromatic N) is 1. The summed E-state index contributed by atoms with van der Waals surface area (Å²) in [7, 11) is 0. The Morgan fingerprint density at radius 2 is 2.20 bits per heavy atom. The molecule has 0 aliphatic carbocycles. The molecule has 1 aromatic carbocycles. The molecule has 1 rings (SSSR count). The molecule has 1 aromatic rings. The molecule has 0 heterocycles. The van der Waals surface area contributed by atoms with E-state index in [9.17, 15) is 19.3 Å². The molecular formula is C9H7BrFNO3. The van der Waals surface area contributed by atoms with Crippen molar-refractivity contribution in [1.29, 1.82) is 0 Å². The highest BCUT2D eigenvalue weighted by molar-refractivity contribution is 9.09. The first-order valence-corrected chi connectivity index (χ1v) is 5.13. The molecule has 0 aliphatic rings. The minimum atomic E-state index is -1.07. The van der Waals surface area contributed by atoms with Gasteiger partial charge in [-0.2, -0.15) is 4.39 Å². The molecule has 0 atom stereocenters. The lowest BCUT2D eigenvalue weighted by Gasteiger charge is -2.02. The smallest absolute Gasteiger partial charge is 0.293 e. The van der Waals surface area contributed by atoms with Gasteiger partial charge in [-0.15, -0.1) is 0 Å². The Bertz CT molecular complexity index is 434. The zero-order valence-electron chi connectivity index (χ0n) is 7.79. The first-order valence-electron chi connectivity index (χ1n) is 4.01. The Morgan fingerprint density at radius 3 is 2.67 bits per heavy atom. The number of ketones is 1. The van der Waals surface area contributed by atoms with E-state index < -0.39 is 22.2 Å². The van der Waals surface area contributed by atoms with Gasteiger partial charge in [0, 0.05) is 6.07 Å². The summed E-state index contributed by atoms with van der Waals surface area (Å²) in [5, 5.41) is 10.4. The fraction of sp³-hybridized carbons (Fsp3) is 0.222. The average Bonchev–Trinajstić information content (AvgIpc) is 2.19. The van der Waals surface area contributed by atoms with Crippen LogP contribution in [0.3, 0.4) is 0 Å². The summed E-state index contributed by atoms with van der Waals surface area (Å²) in [4.78, 5) is 20.9. The van der Waals surface area contributed by atoms with E-state index in [1.807, 2.05) is 0 Å². The molecule has 15 heavy (non-hydrogen) atoms. The van der Waals surface area contributed by atoms with Crippen LogP contribution in [0, 0.1) is 22.9 Å². The summed E-state index contributed by atoms with van der Waals surface area (Å²) in [6.07, 6.45) is 0. The van der Waals surface area contributed by atoms with E-state index in [0.717, 1.165) is 6.07 Å². The molecule has 0 saturated carbocycles. The predicted molar refractivity (Wildman–Crippen MR) is 55.9 cm³/mol. The fourth-order valence-electron chi connectivity index (χ4n) is 1.16. The second-order valence-electron chi connectivity index (χ2n) is 2.96. The van der Waals surface area contributed by atoms with Crippen molar-refractivity contribution in [2.24, 2.45) is 0 Å². The molecule has 0 saturated heterocycles. The van der Waals surface area contributed by atoms with Crippen molar-refractivity contribution in [3.63, 3.8) is 0 Å². The number of aryl methyl sites for hydroxylation is 1. The third-order valence-electron chi connectivity index (χ3n) is 1.82. The number of halogens is 2. The largest absolute Gasteiger partial charge is 0.305 e. The Labute approximate surface area is 93.4 Å². The molecule has 0 fully saturated rings. The summed E-state index contributed by atoms with van der Waals surface area (Å²) < 4.78 is 13.5. The fourth-order valence-corrected chi connectivity index (χ4v) is 1.46. The van der Waals surface area contributed by atoms with E-state index in [-0.39, 0.29) is 10.9 Å². The number of hydrogen-bond acceptors (Lipinski definition) is 3. The molecule has 0 radical (unpaired) electrons. The van der Waals surface area contributed by atoms with Gasteiger partial charge in [0.05, 0.1) is 15.8 Å². The van der Waals surface area contributed by atoms with Crippen LogP contribution in [-0.2, 0) is 0 Å². The van der Waals surface area contributed by atoms with Crippen molar-refractivity contribution in [1.82, 2.24) is 0 Å². The van der Waals surface area contributed by atoms with Gasteiger partial charge >= 0.3 is 5.69 Å². The normalized spacial score (nSPS) is 10.1. The molecule has 6 heteroatoms. The Morgan fingerprint density at radius 1 is 1.60 bits per heavy atom. The van der Waals surface area contributed by atoms with E-state index in [1.54, 1.807) is 6.92 Å². The van der Waals surface area contributed by atoms with Crippen LogP contribution >= 0.6 is 15.9 Å². The van der Waals surface area contributed by atoms with Crippen LogP contribution < -0.4 is 0 Å². The van der Waals surface area contributed by atoms with Gasteiger partial charge in [0.1, 0.15) is 0 Å². The predicted octanol–water partition coefficient (Wildman–Crippen LogP) is 2.62. The molecular weight excluding hydrogens is 269 g/mol. The number of nitro benzene ring substituents is 1. The molecule has 0 aromatic heterocycles. The van der Waals surface area contributed by atoms with Crippen LogP contribution in [0.4, 0.5) is 10.1 Å². The number of benzene rings is 1. The summed E-state index contributed by atoms with van der Waals surface area (Å²) in [6, 6.07) is 2.40. The van der Waals surface area contributed by atoms with Crippen molar-refractivity contribution in [2.45, 2.75) is 6.92 Å². The van der Waals surface area contributed by atoms with Gasteiger partial charge in [-0.05, 0) is 18.6 Å². The summed E-state index contributed by atoms with van der Waals surface area (Å²) in [5.41, 5.74) is -0.440. The van der Waals surface area contributed by atoms with Crippen LogP contribution in [0.1, 0.15) is 15.9 Å². The summed E-state index contributed by atoms with van der Waals surface area (Å²) >= 11 is 2.89. The molecule has 4 nitrogen and oxygen atoms in total. The van der Waals surface area contributed by atoms with Crippen LogP contribution in [0.5, 0.6) is 0 Å². The lowest BCUT2D eigenvalue weighted by atomic mass is 10.1. The van der Waals surface area contributed by atoms with Gasteiger partial charge in [-0.1, -0.05) is 15.9 Å². The first-order chi connectivity index (χ1) is 6.97. The van der Waals surface area contributed by atoms with Crippen molar-refractivity contribution >= 4 is 27.4 Å². The molecule has 0 aliphatic heterocycles. The van der Waals surface area contributed by atoms with Gasteiger partial charge in [-0.3, -0.25) is 14.9 Å². The lowest BCUT2D eigenvalue weighted by Crippen LogP contribution is -2.06. The van der Waals surface area contributed by atoms with Crippen molar-refractivity contribution < 1.29 is 14.1 Å². The number of alkyl halides is 1. The van der Waals surface area contributed by atoms with Crippen molar-refractivity contribution in [3.8, 4) is 0 Å². The summed E-state index contributed by atoms with van der Waals surface area (Å²) in [6.45, 7) is 1.57. The van der Waals surface area contributed by atoms with Gasteiger partial charge in [0.15, 0.2) is 5.78 Å². The van der Waals surface area contributed by atoms with Crippen molar-refractivity contribution in [3.05, 3.63) is 39.2 Å². The third kappa shape index (κ3) is 2.38. The molecule has 80 valence electrons. The number of carbonyl (C=O) groups excluding carboxylic acids is 1. The highest BCUT2D eigenvalue weighted by Crippen LogP contribution is 2.23. The zero-order valence-corrected chi connectivity index (χ0v) is 9.38. The Hall–Kier alpha value is -1.30. The SMILES string of the molecule is Cc1cc(C(=O)CBr)c(F)c([N+](=O)[O-])c1. The quantitative estimate of drug-likeness (QED) is 0.369. The monoisotopic (exact) mass is 275 g/mol. The van der Waals surface area contributed by atoms with E-state index in [0.29, 0.717) is 5.56 Å². The minimum Gasteiger partial charge on any atom is -0.293 e. The third-order valence-corrected chi connectivity index (χ3v) is 2.33. The maximum absolute atomic E-state index is 13.5. The van der Waals surface area contributed by atoms with E-state index >= 15 is 0 Å². The Kier molecular flexibility index (Phi) is 3.52. The van der Waals surface area contributed by atoms with E-state index in [4.69, 9.17) is 0 Å². The summed E-state index contributed by atoms with van der Waals surface area (Å²) in [5.74, 6) is -1.59. The maximum Gasteiger partial charge on any atom is 0.305 e. The first kappa shape index (κ1) is 11.8. The second-order valence-corrected chi connectivity index (χ2v) is 3.52. The number of rotatable bonds is 3. The van der Waals surface area contributed by atoms with Crippen LogP contribution in [-0.4, -0.2) is 16.0 Å². The zero-order chi connectivity index (χ0) is 11.6. The van der Waals surface area contributed by atoms with Crippen LogP contribution in [0.2, 0.25) is 0 Å². The number of Topliss-reactive ketones (excluding diaryl/α,β-unsaturated/α-hetero) is 1. The highest BCUT2D eigenvalue weighted by Gasteiger charge is 2.22. The van der Waals surface area contributed by atoms with Gasteiger partial charge in [-0.25, -0.2) is 0 Å². The molecule has 0 bridgehead atoms. The maximum atomic E-state index is 13.5.